The summed E-state index contributed by atoms with van der Waals surface area (Å²) in [6.07, 6.45) is 2.74. The minimum Gasteiger partial charge on any atom is -0.454 e. The second-order valence-electron chi connectivity index (χ2n) is 2.85. The van der Waals surface area contributed by atoms with E-state index in [1.807, 2.05) is 30.3 Å². The third kappa shape index (κ3) is 1.55. The molecule has 2 rings (SSSR count). The minimum absolute atomic E-state index is 0.314. The Morgan fingerprint density at radius 1 is 1.38 bits per heavy atom. The second kappa shape index (κ2) is 3.18. The summed E-state index contributed by atoms with van der Waals surface area (Å²) in [6.45, 7) is 0. The number of thiocarbonyl (C=S) groups is 1. The van der Waals surface area contributed by atoms with Gasteiger partial charge in [-0.1, -0.05) is 30.4 Å². The summed E-state index contributed by atoms with van der Waals surface area (Å²) in [6, 6.07) is 7.87. The summed E-state index contributed by atoms with van der Waals surface area (Å²) < 4.78 is 5.49. The Kier molecular flexibility index (Phi) is 2.02. The van der Waals surface area contributed by atoms with Gasteiger partial charge in [-0.3, -0.25) is 0 Å². The fraction of sp³-hybridized carbons (Fsp3) is 0.100. The molecule has 0 atom stereocenters. The number of fused-ring (bicyclic) bond motifs is 1. The molecule has 66 valence electrons. The third-order valence-corrected chi connectivity index (χ3v) is 2.14. The summed E-state index contributed by atoms with van der Waals surface area (Å²) >= 11 is 4.83. The number of rotatable bonds is 1. The SMILES string of the molecule is NC(=S)C1=CCc2ccccc2O1. The first-order valence-corrected chi connectivity index (χ1v) is 4.44. The summed E-state index contributed by atoms with van der Waals surface area (Å²) in [4.78, 5) is 0.314. The van der Waals surface area contributed by atoms with E-state index in [0.717, 1.165) is 12.2 Å². The van der Waals surface area contributed by atoms with E-state index in [1.54, 1.807) is 0 Å². The van der Waals surface area contributed by atoms with Crippen molar-refractivity contribution in [2.75, 3.05) is 0 Å². The van der Waals surface area contributed by atoms with Gasteiger partial charge >= 0.3 is 0 Å². The molecule has 0 unspecified atom stereocenters. The zero-order valence-electron chi connectivity index (χ0n) is 6.99. The predicted molar refractivity (Wildman–Crippen MR) is 55.6 cm³/mol. The lowest BCUT2D eigenvalue weighted by molar-refractivity contribution is 0.438. The van der Waals surface area contributed by atoms with Crippen molar-refractivity contribution in [3.8, 4) is 5.75 Å². The van der Waals surface area contributed by atoms with Crippen LogP contribution in [0.25, 0.3) is 0 Å². The predicted octanol–water partition coefficient (Wildman–Crippen LogP) is 1.79. The zero-order chi connectivity index (χ0) is 9.26. The van der Waals surface area contributed by atoms with Crippen LogP contribution in [0.15, 0.2) is 36.1 Å². The molecule has 2 N–H and O–H groups in total. The molecule has 0 radical (unpaired) electrons. The van der Waals surface area contributed by atoms with Gasteiger partial charge in [0.05, 0.1) is 0 Å². The fourth-order valence-electron chi connectivity index (χ4n) is 1.29. The second-order valence-corrected chi connectivity index (χ2v) is 3.29. The van der Waals surface area contributed by atoms with Crippen molar-refractivity contribution in [2.24, 2.45) is 5.73 Å². The third-order valence-electron chi connectivity index (χ3n) is 1.94. The van der Waals surface area contributed by atoms with Crippen LogP contribution in [0.2, 0.25) is 0 Å². The van der Waals surface area contributed by atoms with E-state index < -0.39 is 0 Å². The highest BCUT2D eigenvalue weighted by molar-refractivity contribution is 7.80. The van der Waals surface area contributed by atoms with Crippen LogP contribution in [0.3, 0.4) is 0 Å². The summed E-state index contributed by atoms with van der Waals surface area (Å²) in [7, 11) is 0. The van der Waals surface area contributed by atoms with E-state index in [9.17, 15) is 0 Å². The van der Waals surface area contributed by atoms with Crippen molar-refractivity contribution in [3.05, 3.63) is 41.7 Å². The molecule has 3 heteroatoms. The fourth-order valence-corrected chi connectivity index (χ4v) is 1.41. The van der Waals surface area contributed by atoms with Gasteiger partial charge in [0.2, 0.25) is 0 Å². The number of allylic oxidation sites excluding steroid dienone is 1. The first-order valence-electron chi connectivity index (χ1n) is 4.03. The zero-order valence-corrected chi connectivity index (χ0v) is 7.80. The summed E-state index contributed by atoms with van der Waals surface area (Å²) in [5, 5.41) is 0. The van der Waals surface area contributed by atoms with Crippen LogP contribution in [-0.2, 0) is 6.42 Å². The first-order chi connectivity index (χ1) is 6.27. The molecule has 2 nitrogen and oxygen atoms in total. The molecule has 0 fully saturated rings. The van der Waals surface area contributed by atoms with Gasteiger partial charge < -0.3 is 10.5 Å². The molecule has 0 aliphatic carbocycles. The molecule has 1 aliphatic rings. The van der Waals surface area contributed by atoms with Crippen LogP contribution in [0, 0.1) is 0 Å². The quantitative estimate of drug-likeness (QED) is 0.687. The maximum atomic E-state index is 5.49. The van der Waals surface area contributed by atoms with Crippen LogP contribution in [-0.4, -0.2) is 4.99 Å². The van der Waals surface area contributed by atoms with Crippen LogP contribution in [0.1, 0.15) is 5.56 Å². The van der Waals surface area contributed by atoms with Crippen LogP contribution in [0.4, 0.5) is 0 Å². The number of ether oxygens (including phenoxy) is 1. The summed E-state index contributed by atoms with van der Waals surface area (Å²) in [5.41, 5.74) is 6.63. The van der Waals surface area contributed by atoms with Gasteiger partial charge in [0.25, 0.3) is 0 Å². The molecule has 0 spiro atoms. The Labute approximate surface area is 82.0 Å². The molecule has 1 aromatic rings. The van der Waals surface area contributed by atoms with Crippen LogP contribution < -0.4 is 10.5 Å². The van der Waals surface area contributed by atoms with Gasteiger partial charge in [-0.05, 0) is 24.1 Å². The van der Waals surface area contributed by atoms with Gasteiger partial charge in [0.15, 0.2) is 5.76 Å². The van der Waals surface area contributed by atoms with Crippen LogP contribution >= 0.6 is 12.2 Å². The van der Waals surface area contributed by atoms with Crippen molar-refractivity contribution in [1.82, 2.24) is 0 Å². The Balaban J connectivity index is 2.33. The van der Waals surface area contributed by atoms with Crippen molar-refractivity contribution in [1.29, 1.82) is 0 Å². The molecule has 0 aromatic heterocycles. The van der Waals surface area contributed by atoms with E-state index in [-0.39, 0.29) is 0 Å². The molecule has 13 heavy (non-hydrogen) atoms. The highest BCUT2D eigenvalue weighted by Crippen LogP contribution is 2.25. The molecular formula is C10H9NOS. The largest absolute Gasteiger partial charge is 0.454 e. The molecule has 1 heterocycles. The lowest BCUT2D eigenvalue weighted by atomic mass is 10.1. The molecule has 0 bridgehead atoms. The molecule has 1 aliphatic heterocycles. The monoisotopic (exact) mass is 191 g/mol. The number of para-hydroxylation sites is 1. The Morgan fingerprint density at radius 3 is 2.92 bits per heavy atom. The standard InChI is InChI=1S/C10H9NOS/c11-10(13)9-6-5-7-3-1-2-4-8(7)12-9/h1-4,6H,5H2,(H2,11,13). The highest BCUT2D eigenvalue weighted by Gasteiger charge is 2.12. The number of nitrogens with two attached hydrogens (primary N) is 1. The van der Waals surface area contributed by atoms with Gasteiger partial charge in [-0.2, -0.15) is 0 Å². The maximum absolute atomic E-state index is 5.49. The van der Waals surface area contributed by atoms with Gasteiger partial charge in [-0.15, -0.1) is 0 Å². The van der Waals surface area contributed by atoms with E-state index in [1.165, 1.54) is 5.56 Å². The number of hydrogen-bond donors (Lipinski definition) is 1. The van der Waals surface area contributed by atoms with Crippen LogP contribution in [0.5, 0.6) is 5.75 Å². The van der Waals surface area contributed by atoms with Gasteiger partial charge in [0, 0.05) is 0 Å². The van der Waals surface area contributed by atoms with Crippen molar-refractivity contribution >= 4 is 17.2 Å². The minimum atomic E-state index is 0.314. The molecular weight excluding hydrogens is 182 g/mol. The normalized spacial score (nSPS) is 14.0. The van der Waals surface area contributed by atoms with Crippen molar-refractivity contribution in [2.45, 2.75) is 6.42 Å². The van der Waals surface area contributed by atoms with E-state index >= 15 is 0 Å². The molecule has 0 saturated carbocycles. The number of hydrogen-bond acceptors (Lipinski definition) is 2. The van der Waals surface area contributed by atoms with E-state index in [4.69, 9.17) is 22.7 Å². The molecule has 1 aromatic carbocycles. The Bertz CT molecular complexity index is 384. The van der Waals surface area contributed by atoms with Gasteiger partial charge in [0.1, 0.15) is 10.7 Å². The number of benzene rings is 1. The average molecular weight is 191 g/mol. The Morgan fingerprint density at radius 2 is 2.15 bits per heavy atom. The van der Waals surface area contributed by atoms with Gasteiger partial charge in [-0.25, -0.2) is 0 Å². The Hall–Kier alpha value is -1.35. The molecule has 0 amide bonds. The molecule has 0 saturated heterocycles. The highest BCUT2D eigenvalue weighted by atomic mass is 32.1. The van der Waals surface area contributed by atoms with E-state index in [0.29, 0.717) is 10.7 Å². The smallest absolute Gasteiger partial charge is 0.157 e. The van der Waals surface area contributed by atoms with E-state index in [2.05, 4.69) is 0 Å². The lowest BCUT2D eigenvalue weighted by Gasteiger charge is -2.16. The van der Waals surface area contributed by atoms with Crippen molar-refractivity contribution < 1.29 is 4.74 Å². The summed E-state index contributed by atoms with van der Waals surface area (Å²) in [5.74, 6) is 1.46. The maximum Gasteiger partial charge on any atom is 0.157 e. The lowest BCUT2D eigenvalue weighted by Crippen LogP contribution is -2.18. The van der Waals surface area contributed by atoms with Crippen molar-refractivity contribution in [3.63, 3.8) is 0 Å². The average Bonchev–Trinajstić information content (AvgIpc) is 2.17. The topological polar surface area (TPSA) is 35.2 Å². The first kappa shape index (κ1) is 8.26.